The molecule has 9 heteroatoms. The standard InChI is InChI=1S/C13H18N4O4S/c18-12(15-5-7-21-8-6-15)10-3-1-2-4-16(10)13-14-9-11(22-13)17(19)20/h9-10H,1-8H2. The average Bonchev–Trinajstić information content (AvgIpc) is 3.05. The Hall–Kier alpha value is -1.74. The number of carbonyl (C=O) groups excluding carboxylic acids is 1. The Morgan fingerprint density at radius 1 is 1.36 bits per heavy atom. The van der Waals surface area contributed by atoms with Crippen molar-refractivity contribution in [3.8, 4) is 0 Å². The fourth-order valence-corrected chi connectivity index (χ4v) is 3.69. The molecule has 120 valence electrons. The molecule has 2 aliphatic rings. The molecule has 0 aliphatic carbocycles. The van der Waals surface area contributed by atoms with Gasteiger partial charge in [0.1, 0.15) is 12.2 Å². The van der Waals surface area contributed by atoms with Crippen LogP contribution in [0.2, 0.25) is 0 Å². The highest BCUT2D eigenvalue weighted by molar-refractivity contribution is 7.18. The fraction of sp³-hybridized carbons (Fsp3) is 0.692. The Balaban J connectivity index is 1.77. The van der Waals surface area contributed by atoms with Crippen molar-refractivity contribution in [2.24, 2.45) is 0 Å². The average molecular weight is 326 g/mol. The number of ether oxygens (including phenoxy) is 1. The van der Waals surface area contributed by atoms with E-state index in [0.29, 0.717) is 38.0 Å². The smallest absolute Gasteiger partial charge is 0.345 e. The molecule has 3 heterocycles. The third kappa shape index (κ3) is 3.05. The van der Waals surface area contributed by atoms with Crippen molar-refractivity contribution >= 4 is 27.4 Å². The molecule has 0 saturated carbocycles. The van der Waals surface area contributed by atoms with Crippen molar-refractivity contribution in [1.29, 1.82) is 0 Å². The summed E-state index contributed by atoms with van der Waals surface area (Å²) in [5, 5.41) is 11.4. The molecule has 8 nitrogen and oxygen atoms in total. The first kappa shape index (κ1) is 15.2. The number of piperidine rings is 1. The maximum Gasteiger partial charge on any atom is 0.345 e. The van der Waals surface area contributed by atoms with Crippen molar-refractivity contribution in [2.75, 3.05) is 37.7 Å². The molecular weight excluding hydrogens is 308 g/mol. The molecule has 3 rings (SSSR count). The molecule has 1 aromatic rings. The summed E-state index contributed by atoms with van der Waals surface area (Å²) in [7, 11) is 0. The zero-order valence-electron chi connectivity index (χ0n) is 12.1. The van der Waals surface area contributed by atoms with Gasteiger partial charge in [-0.1, -0.05) is 0 Å². The quantitative estimate of drug-likeness (QED) is 0.614. The molecule has 1 unspecified atom stereocenters. The first-order valence-corrected chi connectivity index (χ1v) is 8.22. The number of aromatic nitrogens is 1. The summed E-state index contributed by atoms with van der Waals surface area (Å²) < 4.78 is 5.29. The van der Waals surface area contributed by atoms with Crippen molar-refractivity contribution in [2.45, 2.75) is 25.3 Å². The number of amides is 1. The number of nitro groups is 1. The van der Waals surface area contributed by atoms with E-state index in [1.54, 1.807) is 0 Å². The van der Waals surface area contributed by atoms with E-state index in [2.05, 4.69) is 4.98 Å². The minimum atomic E-state index is -0.441. The molecule has 0 radical (unpaired) electrons. The second-order valence-electron chi connectivity index (χ2n) is 5.38. The summed E-state index contributed by atoms with van der Waals surface area (Å²) in [6.07, 6.45) is 4.00. The van der Waals surface area contributed by atoms with E-state index in [4.69, 9.17) is 4.74 Å². The number of thiazole rings is 1. The lowest BCUT2D eigenvalue weighted by atomic mass is 10.0. The highest BCUT2D eigenvalue weighted by atomic mass is 32.1. The Bertz CT molecular complexity index is 558. The van der Waals surface area contributed by atoms with Crippen molar-refractivity contribution < 1.29 is 14.5 Å². The van der Waals surface area contributed by atoms with Gasteiger partial charge in [0.15, 0.2) is 5.13 Å². The van der Waals surface area contributed by atoms with Gasteiger partial charge in [0.05, 0.1) is 18.1 Å². The van der Waals surface area contributed by atoms with Gasteiger partial charge >= 0.3 is 5.00 Å². The normalized spacial score (nSPS) is 22.6. The van der Waals surface area contributed by atoms with E-state index in [9.17, 15) is 14.9 Å². The molecule has 1 amide bonds. The monoisotopic (exact) mass is 326 g/mol. The molecule has 22 heavy (non-hydrogen) atoms. The SMILES string of the molecule is O=C(C1CCCCN1c1ncc([N+](=O)[O-])s1)N1CCOCC1. The van der Waals surface area contributed by atoms with E-state index in [-0.39, 0.29) is 17.0 Å². The fourth-order valence-electron chi connectivity index (χ4n) is 2.89. The first-order chi connectivity index (χ1) is 10.7. The summed E-state index contributed by atoms with van der Waals surface area (Å²) in [5.41, 5.74) is 0. The van der Waals surface area contributed by atoms with Crippen LogP contribution in [-0.4, -0.2) is 59.6 Å². The van der Waals surface area contributed by atoms with Gasteiger partial charge in [-0.3, -0.25) is 14.9 Å². The lowest BCUT2D eigenvalue weighted by Gasteiger charge is -2.38. The molecule has 0 bridgehead atoms. The third-order valence-corrected chi connectivity index (χ3v) is 5.00. The molecule has 1 aromatic heterocycles. The van der Waals surface area contributed by atoms with Gasteiger partial charge in [0.2, 0.25) is 5.91 Å². The molecule has 2 fully saturated rings. The van der Waals surface area contributed by atoms with Gasteiger partial charge in [0, 0.05) is 19.6 Å². The maximum absolute atomic E-state index is 12.7. The topological polar surface area (TPSA) is 88.8 Å². The van der Waals surface area contributed by atoms with E-state index < -0.39 is 4.92 Å². The van der Waals surface area contributed by atoms with Crippen molar-refractivity contribution in [3.63, 3.8) is 0 Å². The van der Waals surface area contributed by atoms with Gasteiger partial charge in [-0.05, 0) is 30.6 Å². The van der Waals surface area contributed by atoms with Crippen LogP contribution in [-0.2, 0) is 9.53 Å². The highest BCUT2D eigenvalue weighted by Gasteiger charge is 2.34. The number of anilines is 1. The van der Waals surface area contributed by atoms with E-state index in [1.165, 1.54) is 6.20 Å². The highest BCUT2D eigenvalue weighted by Crippen LogP contribution is 2.33. The number of hydrogen-bond acceptors (Lipinski definition) is 7. The second-order valence-corrected chi connectivity index (χ2v) is 6.37. The van der Waals surface area contributed by atoms with Gasteiger partial charge in [-0.15, -0.1) is 0 Å². The van der Waals surface area contributed by atoms with Crippen LogP contribution in [0.25, 0.3) is 0 Å². The summed E-state index contributed by atoms with van der Waals surface area (Å²) in [6.45, 7) is 3.08. The Morgan fingerprint density at radius 3 is 2.82 bits per heavy atom. The zero-order chi connectivity index (χ0) is 15.5. The number of carbonyl (C=O) groups is 1. The van der Waals surface area contributed by atoms with E-state index in [0.717, 1.165) is 30.6 Å². The van der Waals surface area contributed by atoms with Crippen molar-refractivity contribution in [3.05, 3.63) is 16.3 Å². The van der Waals surface area contributed by atoms with Crippen LogP contribution in [0.5, 0.6) is 0 Å². The zero-order valence-corrected chi connectivity index (χ0v) is 13.0. The van der Waals surface area contributed by atoms with Crippen LogP contribution < -0.4 is 4.90 Å². The van der Waals surface area contributed by atoms with Gasteiger partial charge in [-0.25, -0.2) is 4.98 Å². The Kier molecular flexibility index (Phi) is 4.53. The van der Waals surface area contributed by atoms with Crippen molar-refractivity contribution in [1.82, 2.24) is 9.88 Å². The van der Waals surface area contributed by atoms with Crippen LogP contribution in [0.4, 0.5) is 10.1 Å². The second kappa shape index (κ2) is 6.57. The first-order valence-electron chi connectivity index (χ1n) is 7.40. The van der Waals surface area contributed by atoms with Gasteiger partial charge in [0.25, 0.3) is 0 Å². The Labute approximate surface area is 131 Å². The minimum absolute atomic E-state index is 0.0122. The lowest BCUT2D eigenvalue weighted by molar-refractivity contribution is -0.380. The molecule has 0 N–H and O–H groups in total. The number of nitrogens with zero attached hydrogens (tertiary/aromatic N) is 4. The number of hydrogen-bond donors (Lipinski definition) is 0. The van der Waals surface area contributed by atoms with E-state index in [1.807, 2.05) is 9.80 Å². The molecule has 0 spiro atoms. The summed E-state index contributed by atoms with van der Waals surface area (Å²) >= 11 is 1.04. The van der Waals surface area contributed by atoms with Crippen LogP contribution in [0, 0.1) is 10.1 Å². The number of rotatable bonds is 3. The molecular formula is C13H18N4O4S. The maximum atomic E-state index is 12.7. The minimum Gasteiger partial charge on any atom is -0.378 e. The summed E-state index contributed by atoms with van der Waals surface area (Å²) in [4.78, 5) is 31.0. The van der Waals surface area contributed by atoms with E-state index >= 15 is 0 Å². The number of morpholine rings is 1. The Morgan fingerprint density at radius 2 is 2.14 bits per heavy atom. The van der Waals surface area contributed by atoms with Gasteiger partial charge < -0.3 is 14.5 Å². The van der Waals surface area contributed by atoms with Crippen LogP contribution >= 0.6 is 11.3 Å². The predicted octanol–water partition coefficient (Wildman–Crippen LogP) is 1.27. The molecule has 2 aliphatic heterocycles. The predicted molar refractivity (Wildman–Crippen MR) is 81.2 cm³/mol. The molecule has 2 saturated heterocycles. The summed E-state index contributed by atoms with van der Waals surface area (Å²) in [5.74, 6) is 0.0841. The molecule has 0 aromatic carbocycles. The largest absolute Gasteiger partial charge is 0.378 e. The summed E-state index contributed by atoms with van der Waals surface area (Å²) in [6, 6.07) is -0.266. The lowest BCUT2D eigenvalue weighted by Crippen LogP contribution is -2.53. The van der Waals surface area contributed by atoms with Gasteiger partial charge in [-0.2, -0.15) is 0 Å². The molecule has 1 atom stereocenters. The third-order valence-electron chi connectivity index (χ3n) is 4.02. The van der Waals surface area contributed by atoms with Crippen LogP contribution in [0.1, 0.15) is 19.3 Å². The van der Waals surface area contributed by atoms with Crippen LogP contribution in [0.15, 0.2) is 6.20 Å². The van der Waals surface area contributed by atoms with Crippen LogP contribution in [0.3, 0.4) is 0 Å².